The maximum atomic E-state index is 12.6. The lowest BCUT2D eigenvalue weighted by molar-refractivity contribution is -0.118. The molecule has 0 aliphatic rings. The zero-order valence-corrected chi connectivity index (χ0v) is 17.4. The van der Waals surface area contributed by atoms with Gasteiger partial charge >= 0.3 is 0 Å². The Morgan fingerprint density at radius 3 is 2.27 bits per heavy atom. The molecule has 0 bridgehead atoms. The fraction of sp³-hybridized carbons (Fsp3) is 0.136. The van der Waals surface area contributed by atoms with Gasteiger partial charge in [-0.3, -0.25) is 9.52 Å². The Labute approximate surface area is 175 Å². The van der Waals surface area contributed by atoms with E-state index in [-0.39, 0.29) is 17.4 Å². The first-order chi connectivity index (χ1) is 14.4. The van der Waals surface area contributed by atoms with Gasteiger partial charge in [-0.25, -0.2) is 8.42 Å². The average molecular weight is 426 g/mol. The minimum absolute atomic E-state index is 0.0687. The summed E-state index contributed by atoms with van der Waals surface area (Å²) in [7, 11) is -2.27. The van der Waals surface area contributed by atoms with Gasteiger partial charge < -0.3 is 14.8 Å². The number of benzene rings is 3. The number of sulfonamides is 1. The Kier molecular flexibility index (Phi) is 6.58. The SMILES string of the molecule is COc1cccc(NS(=O)(=O)c2ccc(NC(=O)COc3ccc(C)cc3)cc2)c1. The van der Waals surface area contributed by atoms with Crippen LogP contribution in [0.5, 0.6) is 11.5 Å². The highest BCUT2D eigenvalue weighted by Gasteiger charge is 2.15. The first kappa shape index (κ1) is 21.2. The van der Waals surface area contributed by atoms with Crippen molar-refractivity contribution in [3.05, 3.63) is 78.4 Å². The van der Waals surface area contributed by atoms with E-state index >= 15 is 0 Å². The number of hydrogen-bond acceptors (Lipinski definition) is 5. The van der Waals surface area contributed by atoms with E-state index in [2.05, 4.69) is 10.0 Å². The summed E-state index contributed by atoms with van der Waals surface area (Å²) in [6.07, 6.45) is 0. The third-order valence-corrected chi connectivity index (χ3v) is 5.56. The van der Waals surface area contributed by atoms with Crippen LogP contribution >= 0.6 is 0 Å². The second kappa shape index (κ2) is 9.32. The van der Waals surface area contributed by atoms with Crippen molar-refractivity contribution in [1.29, 1.82) is 0 Å². The third kappa shape index (κ3) is 5.74. The first-order valence-electron chi connectivity index (χ1n) is 9.12. The van der Waals surface area contributed by atoms with Gasteiger partial charge in [0.05, 0.1) is 17.7 Å². The van der Waals surface area contributed by atoms with Crippen LogP contribution in [0.2, 0.25) is 0 Å². The van der Waals surface area contributed by atoms with Gasteiger partial charge in [0, 0.05) is 11.8 Å². The molecule has 7 nitrogen and oxygen atoms in total. The largest absolute Gasteiger partial charge is 0.497 e. The molecule has 0 saturated heterocycles. The lowest BCUT2D eigenvalue weighted by Gasteiger charge is -2.11. The maximum Gasteiger partial charge on any atom is 0.262 e. The predicted molar refractivity (Wildman–Crippen MR) is 116 cm³/mol. The fourth-order valence-corrected chi connectivity index (χ4v) is 3.65. The molecule has 0 aliphatic heterocycles. The molecule has 0 spiro atoms. The zero-order valence-electron chi connectivity index (χ0n) is 16.6. The molecule has 3 rings (SSSR count). The van der Waals surface area contributed by atoms with Gasteiger partial charge in [0.25, 0.3) is 15.9 Å². The van der Waals surface area contributed by atoms with Gasteiger partial charge in [0.15, 0.2) is 6.61 Å². The van der Waals surface area contributed by atoms with Gasteiger partial charge in [-0.1, -0.05) is 23.8 Å². The highest BCUT2D eigenvalue weighted by molar-refractivity contribution is 7.92. The molecule has 0 atom stereocenters. The molecule has 8 heteroatoms. The molecule has 156 valence electrons. The Morgan fingerprint density at radius 1 is 0.900 bits per heavy atom. The molecule has 0 aliphatic carbocycles. The van der Waals surface area contributed by atoms with Crippen molar-refractivity contribution in [3.8, 4) is 11.5 Å². The predicted octanol–water partition coefficient (Wildman–Crippen LogP) is 3.82. The molecular weight excluding hydrogens is 404 g/mol. The van der Waals surface area contributed by atoms with Crippen LogP contribution in [0.15, 0.2) is 77.7 Å². The lowest BCUT2D eigenvalue weighted by atomic mass is 10.2. The van der Waals surface area contributed by atoms with Gasteiger partial charge in [-0.2, -0.15) is 0 Å². The minimum Gasteiger partial charge on any atom is -0.497 e. The van der Waals surface area contributed by atoms with Crippen LogP contribution in [0.25, 0.3) is 0 Å². The smallest absolute Gasteiger partial charge is 0.262 e. The molecular formula is C22H22N2O5S. The van der Waals surface area contributed by atoms with Crippen molar-refractivity contribution in [1.82, 2.24) is 0 Å². The van der Waals surface area contributed by atoms with Crippen molar-refractivity contribution in [2.45, 2.75) is 11.8 Å². The summed E-state index contributed by atoms with van der Waals surface area (Å²) >= 11 is 0. The van der Waals surface area contributed by atoms with Crippen LogP contribution in [0, 0.1) is 6.92 Å². The van der Waals surface area contributed by atoms with E-state index < -0.39 is 10.0 Å². The number of aryl methyl sites for hydroxylation is 1. The topological polar surface area (TPSA) is 93.7 Å². The molecule has 0 saturated carbocycles. The Balaban J connectivity index is 1.59. The highest BCUT2D eigenvalue weighted by Crippen LogP contribution is 2.21. The molecule has 0 heterocycles. The lowest BCUT2D eigenvalue weighted by Crippen LogP contribution is -2.20. The minimum atomic E-state index is -3.78. The number of carbonyl (C=O) groups is 1. The van der Waals surface area contributed by atoms with Crippen LogP contribution < -0.4 is 19.5 Å². The van der Waals surface area contributed by atoms with Crippen LogP contribution in [-0.4, -0.2) is 28.0 Å². The van der Waals surface area contributed by atoms with Crippen molar-refractivity contribution >= 4 is 27.3 Å². The van der Waals surface area contributed by atoms with E-state index in [1.165, 1.54) is 31.4 Å². The zero-order chi connectivity index (χ0) is 21.6. The average Bonchev–Trinajstić information content (AvgIpc) is 2.73. The van der Waals surface area contributed by atoms with E-state index in [1.807, 2.05) is 19.1 Å². The fourth-order valence-electron chi connectivity index (χ4n) is 2.60. The van der Waals surface area contributed by atoms with Gasteiger partial charge in [-0.05, 0) is 55.5 Å². The number of amides is 1. The second-order valence-electron chi connectivity index (χ2n) is 6.51. The van der Waals surface area contributed by atoms with Crippen LogP contribution in [-0.2, 0) is 14.8 Å². The number of methoxy groups -OCH3 is 1. The number of nitrogens with one attached hydrogen (secondary N) is 2. The summed E-state index contributed by atoms with van der Waals surface area (Å²) in [6.45, 7) is 1.81. The molecule has 30 heavy (non-hydrogen) atoms. The molecule has 1 amide bonds. The van der Waals surface area contributed by atoms with Crippen molar-refractivity contribution in [3.63, 3.8) is 0 Å². The molecule has 2 N–H and O–H groups in total. The van der Waals surface area contributed by atoms with Crippen LogP contribution in [0.1, 0.15) is 5.56 Å². The number of ether oxygens (including phenoxy) is 2. The Morgan fingerprint density at radius 2 is 1.60 bits per heavy atom. The van der Waals surface area contributed by atoms with Crippen molar-refractivity contribution in [2.24, 2.45) is 0 Å². The first-order valence-corrected chi connectivity index (χ1v) is 10.6. The number of hydrogen-bond donors (Lipinski definition) is 2. The third-order valence-electron chi connectivity index (χ3n) is 4.16. The van der Waals surface area contributed by atoms with Crippen LogP contribution in [0.3, 0.4) is 0 Å². The summed E-state index contributed by atoms with van der Waals surface area (Å²) in [5, 5.41) is 2.67. The standard InChI is InChI=1S/C22H22N2O5S/c1-16-6-10-19(11-7-16)29-15-22(25)23-17-8-12-21(13-9-17)30(26,27)24-18-4-3-5-20(14-18)28-2/h3-14,24H,15H2,1-2H3,(H,23,25). The second-order valence-corrected chi connectivity index (χ2v) is 8.19. The summed E-state index contributed by atoms with van der Waals surface area (Å²) in [5.41, 5.74) is 1.95. The molecule has 3 aromatic rings. The van der Waals surface area contributed by atoms with E-state index in [4.69, 9.17) is 9.47 Å². The number of rotatable bonds is 8. The van der Waals surface area contributed by atoms with E-state index in [9.17, 15) is 13.2 Å². The van der Waals surface area contributed by atoms with Gasteiger partial charge in [0.2, 0.25) is 0 Å². The Bertz CT molecular complexity index is 1110. The van der Waals surface area contributed by atoms with E-state index in [0.717, 1.165) is 5.56 Å². The van der Waals surface area contributed by atoms with Crippen molar-refractivity contribution < 1.29 is 22.7 Å². The summed E-state index contributed by atoms with van der Waals surface area (Å²) in [5.74, 6) is 0.794. The molecule has 0 radical (unpaired) electrons. The van der Waals surface area contributed by atoms with Crippen molar-refractivity contribution in [2.75, 3.05) is 23.8 Å². The molecule has 0 unspecified atom stereocenters. The maximum absolute atomic E-state index is 12.6. The van der Waals surface area contributed by atoms with E-state index in [0.29, 0.717) is 22.9 Å². The quantitative estimate of drug-likeness (QED) is 0.571. The van der Waals surface area contributed by atoms with Gasteiger partial charge in [0.1, 0.15) is 11.5 Å². The molecule has 3 aromatic carbocycles. The highest BCUT2D eigenvalue weighted by atomic mass is 32.2. The molecule has 0 fully saturated rings. The molecule has 0 aromatic heterocycles. The number of anilines is 2. The number of carbonyl (C=O) groups excluding carboxylic acids is 1. The summed E-state index contributed by atoms with van der Waals surface area (Å²) < 4.78 is 38.1. The van der Waals surface area contributed by atoms with Gasteiger partial charge in [-0.15, -0.1) is 0 Å². The van der Waals surface area contributed by atoms with Crippen LogP contribution in [0.4, 0.5) is 11.4 Å². The Hall–Kier alpha value is -3.52. The van der Waals surface area contributed by atoms with E-state index in [1.54, 1.807) is 36.4 Å². The summed E-state index contributed by atoms with van der Waals surface area (Å²) in [4.78, 5) is 12.1. The normalized spacial score (nSPS) is 10.9. The summed E-state index contributed by atoms with van der Waals surface area (Å²) in [6, 6.07) is 19.9. The monoisotopic (exact) mass is 426 g/mol.